The molecule has 1 aliphatic heterocycles. The van der Waals surface area contributed by atoms with Gasteiger partial charge in [-0.25, -0.2) is 8.42 Å². The summed E-state index contributed by atoms with van der Waals surface area (Å²) in [5.74, 6) is 0.757. The van der Waals surface area contributed by atoms with Crippen molar-refractivity contribution in [2.24, 2.45) is 0 Å². The normalized spacial score (nSPS) is 15.3. The average molecular weight is 457 g/mol. The standard InChI is InChI=1S/C20H22Cl2N2O4S/c1-28-16-5-2-4-15(14-16)8-9-19(25)23-10-12-24(13-11-23)29(26,27)20-17(21)6-3-7-18(20)22/h2-7,14H,8-13H2,1H3. The molecule has 0 spiro atoms. The molecule has 1 heterocycles. The Kier molecular flexibility index (Phi) is 7.05. The number of benzene rings is 2. The van der Waals surface area contributed by atoms with Crippen LogP contribution in [-0.2, 0) is 21.2 Å². The number of methoxy groups -OCH3 is 1. The highest BCUT2D eigenvalue weighted by Gasteiger charge is 2.32. The number of halogens is 2. The quantitative estimate of drug-likeness (QED) is 0.667. The Morgan fingerprint density at radius 3 is 2.28 bits per heavy atom. The van der Waals surface area contributed by atoms with Crippen LogP contribution in [-0.4, -0.2) is 56.8 Å². The minimum Gasteiger partial charge on any atom is -0.497 e. The number of amides is 1. The molecular weight excluding hydrogens is 435 g/mol. The van der Waals surface area contributed by atoms with E-state index in [2.05, 4.69) is 0 Å². The van der Waals surface area contributed by atoms with Gasteiger partial charge in [-0.05, 0) is 36.2 Å². The maximum Gasteiger partial charge on any atom is 0.246 e. The van der Waals surface area contributed by atoms with E-state index in [9.17, 15) is 13.2 Å². The third-order valence-electron chi connectivity index (χ3n) is 4.87. The summed E-state index contributed by atoms with van der Waals surface area (Å²) in [7, 11) is -2.21. The fourth-order valence-electron chi connectivity index (χ4n) is 3.27. The zero-order valence-electron chi connectivity index (χ0n) is 16.0. The molecule has 1 fully saturated rings. The lowest BCUT2D eigenvalue weighted by molar-refractivity contribution is -0.132. The molecule has 0 bridgehead atoms. The Balaban J connectivity index is 1.59. The molecule has 0 N–H and O–H groups in total. The Labute approximate surface area is 181 Å². The van der Waals surface area contributed by atoms with E-state index in [1.54, 1.807) is 18.1 Å². The summed E-state index contributed by atoms with van der Waals surface area (Å²) >= 11 is 12.1. The van der Waals surface area contributed by atoms with Crippen molar-refractivity contribution in [1.82, 2.24) is 9.21 Å². The predicted molar refractivity (Wildman–Crippen MR) is 113 cm³/mol. The molecule has 0 unspecified atom stereocenters. The monoisotopic (exact) mass is 456 g/mol. The van der Waals surface area contributed by atoms with Crippen LogP contribution < -0.4 is 4.74 Å². The smallest absolute Gasteiger partial charge is 0.246 e. The van der Waals surface area contributed by atoms with Crippen molar-refractivity contribution < 1.29 is 17.9 Å². The molecule has 0 aliphatic carbocycles. The molecule has 0 radical (unpaired) electrons. The highest BCUT2D eigenvalue weighted by atomic mass is 35.5. The maximum absolute atomic E-state index is 12.9. The molecule has 0 atom stereocenters. The zero-order valence-corrected chi connectivity index (χ0v) is 18.3. The lowest BCUT2D eigenvalue weighted by Crippen LogP contribution is -2.50. The van der Waals surface area contributed by atoms with Crippen LogP contribution in [0.1, 0.15) is 12.0 Å². The van der Waals surface area contributed by atoms with Gasteiger partial charge in [0.15, 0.2) is 0 Å². The van der Waals surface area contributed by atoms with Gasteiger partial charge in [0.1, 0.15) is 10.6 Å². The Hall–Kier alpha value is -1.80. The largest absolute Gasteiger partial charge is 0.497 e. The number of ether oxygens (including phenoxy) is 1. The second-order valence-electron chi connectivity index (χ2n) is 6.69. The number of carbonyl (C=O) groups excluding carboxylic acids is 1. The first-order valence-electron chi connectivity index (χ1n) is 9.18. The van der Waals surface area contributed by atoms with Crippen molar-refractivity contribution in [3.05, 3.63) is 58.1 Å². The fraction of sp³-hybridized carbons (Fsp3) is 0.350. The molecule has 2 aromatic carbocycles. The van der Waals surface area contributed by atoms with E-state index in [4.69, 9.17) is 27.9 Å². The van der Waals surface area contributed by atoms with Crippen molar-refractivity contribution in [3.63, 3.8) is 0 Å². The van der Waals surface area contributed by atoms with Gasteiger partial charge in [0.25, 0.3) is 0 Å². The van der Waals surface area contributed by atoms with Crippen molar-refractivity contribution in [3.8, 4) is 5.75 Å². The van der Waals surface area contributed by atoms with Crippen molar-refractivity contribution >= 4 is 39.1 Å². The second-order valence-corrected chi connectivity index (χ2v) is 9.38. The first-order valence-corrected chi connectivity index (χ1v) is 11.4. The second kappa shape index (κ2) is 9.34. The minimum atomic E-state index is -3.82. The number of carbonyl (C=O) groups is 1. The van der Waals surface area contributed by atoms with Crippen molar-refractivity contribution in [2.75, 3.05) is 33.3 Å². The average Bonchev–Trinajstić information content (AvgIpc) is 2.72. The topological polar surface area (TPSA) is 66.9 Å². The SMILES string of the molecule is COc1cccc(CCC(=O)N2CCN(S(=O)(=O)c3c(Cl)cccc3Cl)CC2)c1. The van der Waals surface area contributed by atoms with Gasteiger partial charge in [0.2, 0.25) is 15.9 Å². The van der Waals surface area contributed by atoms with Gasteiger partial charge < -0.3 is 9.64 Å². The number of hydrogen-bond donors (Lipinski definition) is 0. The number of nitrogens with zero attached hydrogens (tertiary/aromatic N) is 2. The summed E-state index contributed by atoms with van der Waals surface area (Å²) in [6.45, 7) is 1.07. The van der Waals surface area contributed by atoms with Gasteiger partial charge in [-0.2, -0.15) is 4.31 Å². The van der Waals surface area contributed by atoms with Crippen LogP contribution in [0.4, 0.5) is 0 Å². The molecule has 2 aromatic rings. The van der Waals surface area contributed by atoms with Crippen molar-refractivity contribution in [2.45, 2.75) is 17.7 Å². The molecule has 29 heavy (non-hydrogen) atoms. The first kappa shape index (κ1) is 21.9. The van der Waals surface area contributed by atoms with Gasteiger partial charge >= 0.3 is 0 Å². The van der Waals surface area contributed by atoms with E-state index in [1.807, 2.05) is 24.3 Å². The molecular formula is C20H22Cl2N2O4S. The highest BCUT2D eigenvalue weighted by Crippen LogP contribution is 2.31. The summed E-state index contributed by atoms with van der Waals surface area (Å²) < 4.78 is 32.4. The first-order chi connectivity index (χ1) is 13.8. The molecule has 1 saturated heterocycles. The Morgan fingerprint density at radius 2 is 1.66 bits per heavy atom. The van der Waals surface area contributed by atoms with Crippen LogP contribution in [0.15, 0.2) is 47.4 Å². The van der Waals surface area contributed by atoms with E-state index in [1.165, 1.54) is 16.4 Å². The van der Waals surface area contributed by atoms with Gasteiger partial charge in [-0.1, -0.05) is 41.4 Å². The van der Waals surface area contributed by atoms with E-state index in [0.717, 1.165) is 11.3 Å². The number of hydrogen-bond acceptors (Lipinski definition) is 4. The van der Waals surface area contributed by atoms with Crippen LogP contribution >= 0.6 is 23.2 Å². The van der Waals surface area contributed by atoms with Gasteiger partial charge in [0.05, 0.1) is 17.2 Å². The van der Waals surface area contributed by atoms with Crippen LogP contribution in [0.5, 0.6) is 5.75 Å². The summed E-state index contributed by atoms with van der Waals surface area (Å²) in [6.07, 6.45) is 0.958. The number of sulfonamides is 1. The summed E-state index contributed by atoms with van der Waals surface area (Å²) in [5.41, 5.74) is 1.02. The fourth-order valence-corrected chi connectivity index (χ4v) is 5.79. The van der Waals surface area contributed by atoms with Crippen LogP contribution in [0, 0.1) is 0 Å². The molecule has 3 rings (SSSR count). The van der Waals surface area contributed by atoms with E-state index >= 15 is 0 Å². The van der Waals surface area contributed by atoms with Crippen molar-refractivity contribution in [1.29, 1.82) is 0 Å². The summed E-state index contributed by atoms with van der Waals surface area (Å²) in [5, 5.41) is 0.184. The zero-order chi connectivity index (χ0) is 21.0. The maximum atomic E-state index is 12.9. The van der Waals surface area contributed by atoms with Gasteiger partial charge in [-0.3, -0.25) is 4.79 Å². The van der Waals surface area contributed by atoms with E-state index in [0.29, 0.717) is 25.9 Å². The third-order valence-corrected chi connectivity index (χ3v) is 7.72. The Bertz CT molecular complexity index is 969. The van der Waals surface area contributed by atoms with Gasteiger partial charge in [0, 0.05) is 32.6 Å². The molecule has 0 aromatic heterocycles. The number of aryl methyl sites for hydroxylation is 1. The molecule has 1 amide bonds. The minimum absolute atomic E-state index is 0.000596. The Morgan fingerprint density at radius 1 is 1.03 bits per heavy atom. The lowest BCUT2D eigenvalue weighted by atomic mass is 10.1. The highest BCUT2D eigenvalue weighted by molar-refractivity contribution is 7.89. The molecule has 9 heteroatoms. The van der Waals surface area contributed by atoms with Crippen LogP contribution in [0.2, 0.25) is 10.0 Å². The van der Waals surface area contributed by atoms with Gasteiger partial charge in [-0.15, -0.1) is 0 Å². The number of rotatable bonds is 6. The summed E-state index contributed by atoms with van der Waals surface area (Å²) in [6, 6.07) is 12.2. The lowest BCUT2D eigenvalue weighted by Gasteiger charge is -2.34. The van der Waals surface area contributed by atoms with E-state index < -0.39 is 10.0 Å². The third kappa shape index (κ3) is 5.04. The van der Waals surface area contributed by atoms with E-state index in [-0.39, 0.29) is 33.9 Å². The molecule has 0 saturated carbocycles. The molecule has 156 valence electrons. The van der Waals surface area contributed by atoms with Crippen LogP contribution in [0.25, 0.3) is 0 Å². The van der Waals surface area contributed by atoms with Crippen LogP contribution in [0.3, 0.4) is 0 Å². The molecule has 6 nitrogen and oxygen atoms in total. The predicted octanol–water partition coefficient (Wildman–Crippen LogP) is 3.47. The number of piperazine rings is 1. The molecule has 1 aliphatic rings. The summed E-state index contributed by atoms with van der Waals surface area (Å²) in [4.78, 5) is 14.2.